The molecule has 1 aromatic carbocycles. The Morgan fingerprint density at radius 3 is 2.75 bits per heavy atom. The van der Waals surface area contributed by atoms with Crippen LogP contribution < -0.4 is 15.5 Å². The lowest BCUT2D eigenvalue weighted by atomic mass is 10.0. The molecular weight excluding hydrogens is 474 g/mol. The lowest BCUT2D eigenvalue weighted by Crippen LogP contribution is -2.48. The number of hydrogen-bond donors (Lipinski definition) is 3. The van der Waals surface area contributed by atoms with Crippen molar-refractivity contribution in [1.29, 1.82) is 0 Å². The number of piperidine rings is 1. The summed E-state index contributed by atoms with van der Waals surface area (Å²) in [5.41, 5.74) is 0.926. The number of benzene rings is 1. The van der Waals surface area contributed by atoms with Gasteiger partial charge in [-0.1, -0.05) is 6.07 Å². The minimum absolute atomic E-state index is 0. The summed E-state index contributed by atoms with van der Waals surface area (Å²) in [4.78, 5) is 6.67. The zero-order valence-electron chi connectivity index (χ0n) is 16.0. The summed E-state index contributed by atoms with van der Waals surface area (Å²) in [6.45, 7) is 4.69. The van der Waals surface area contributed by atoms with Crippen LogP contribution in [0.15, 0.2) is 52.1 Å². The Balaban J connectivity index is 0.00000280. The number of guanidine groups is 1. The molecule has 0 bridgehead atoms. The molecule has 1 aromatic heterocycles. The Morgan fingerprint density at radius 2 is 2.11 bits per heavy atom. The van der Waals surface area contributed by atoms with Crippen LogP contribution in [0.1, 0.15) is 31.6 Å². The molecule has 0 saturated carbocycles. The van der Waals surface area contributed by atoms with E-state index in [1.54, 1.807) is 24.3 Å². The lowest BCUT2D eigenvalue weighted by molar-refractivity contribution is 0.158. The predicted molar refractivity (Wildman–Crippen MR) is 120 cm³/mol. The van der Waals surface area contributed by atoms with Gasteiger partial charge >= 0.3 is 0 Å². The van der Waals surface area contributed by atoms with Gasteiger partial charge in [-0.2, -0.15) is 0 Å². The maximum Gasteiger partial charge on any atom is 0.191 e. The Bertz CT molecular complexity index is 734. The van der Waals surface area contributed by atoms with Crippen molar-refractivity contribution in [2.45, 2.75) is 31.9 Å². The van der Waals surface area contributed by atoms with Gasteiger partial charge in [0, 0.05) is 31.4 Å². The second-order valence-corrected chi connectivity index (χ2v) is 6.64. The highest BCUT2D eigenvalue weighted by Gasteiger charge is 2.20. The van der Waals surface area contributed by atoms with Gasteiger partial charge in [-0.05, 0) is 50.1 Å². The number of anilines is 1. The Morgan fingerprint density at radius 1 is 1.32 bits per heavy atom. The first-order valence-electron chi connectivity index (χ1n) is 9.42. The van der Waals surface area contributed by atoms with Gasteiger partial charge in [-0.25, -0.2) is 4.39 Å². The molecule has 3 N–H and O–H groups in total. The second kappa shape index (κ2) is 11.3. The number of aliphatic hydroxyl groups excluding tert-OH is 1. The maximum absolute atomic E-state index is 13.4. The predicted octanol–water partition coefficient (Wildman–Crippen LogP) is 3.29. The minimum Gasteiger partial charge on any atom is -0.467 e. The van der Waals surface area contributed by atoms with E-state index in [1.807, 2.05) is 13.0 Å². The number of halogens is 2. The Kier molecular flexibility index (Phi) is 9.04. The number of aliphatic imine (C=N–C) groups is 1. The molecular formula is C20H28FIN4O2. The molecule has 1 unspecified atom stereocenters. The van der Waals surface area contributed by atoms with Crippen molar-refractivity contribution >= 4 is 35.6 Å². The summed E-state index contributed by atoms with van der Waals surface area (Å²) in [5, 5.41) is 16.8. The van der Waals surface area contributed by atoms with Crippen LogP contribution in [0.25, 0.3) is 0 Å². The van der Waals surface area contributed by atoms with Gasteiger partial charge in [0.25, 0.3) is 0 Å². The van der Waals surface area contributed by atoms with E-state index in [0.29, 0.717) is 11.7 Å². The zero-order valence-corrected chi connectivity index (χ0v) is 18.3. The van der Waals surface area contributed by atoms with Gasteiger partial charge in [-0.15, -0.1) is 24.0 Å². The van der Waals surface area contributed by atoms with Crippen LogP contribution in [0.4, 0.5) is 10.1 Å². The molecule has 154 valence electrons. The molecule has 2 aromatic rings. The van der Waals surface area contributed by atoms with E-state index in [-0.39, 0.29) is 42.4 Å². The highest BCUT2D eigenvalue weighted by atomic mass is 127. The van der Waals surface area contributed by atoms with E-state index in [0.717, 1.165) is 38.2 Å². The highest BCUT2D eigenvalue weighted by Crippen LogP contribution is 2.20. The van der Waals surface area contributed by atoms with Crippen molar-refractivity contribution in [3.63, 3.8) is 0 Å². The van der Waals surface area contributed by atoms with Crippen LogP contribution in [0.2, 0.25) is 0 Å². The fourth-order valence-electron chi connectivity index (χ4n) is 3.22. The van der Waals surface area contributed by atoms with Crippen LogP contribution >= 0.6 is 24.0 Å². The normalized spacial score (nSPS) is 16.4. The van der Waals surface area contributed by atoms with Crippen molar-refractivity contribution in [3.8, 4) is 0 Å². The molecule has 2 heterocycles. The van der Waals surface area contributed by atoms with Crippen LogP contribution in [-0.2, 0) is 0 Å². The summed E-state index contributed by atoms with van der Waals surface area (Å²) < 4.78 is 18.6. The molecule has 1 aliphatic heterocycles. The largest absolute Gasteiger partial charge is 0.467 e. The summed E-state index contributed by atoms with van der Waals surface area (Å²) in [6.07, 6.45) is 2.65. The Hall–Kier alpha value is -1.81. The average molecular weight is 502 g/mol. The third kappa shape index (κ3) is 6.37. The number of nitrogens with one attached hydrogen (secondary N) is 2. The fourth-order valence-corrected chi connectivity index (χ4v) is 3.22. The minimum atomic E-state index is -0.759. The molecule has 6 nitrogen and oxygen atoms in total. The molecule has 0 radical (unpaired) electrons. The SMILES string of the molecule is CCNC(=NCC(O)c1ccco1)NC1CCN(c2cccc(F)c2)CC1.I. The van der Waals surface area contributed by atoms with Gasteiger partial charge in [0.15, 0.2) is 5.96 Å². The summed E-state index contributed by atoms with van der Waals surface area (Å²) in [5.74, 6) is 0.995. The van der Waals surface area contributed by atoms with E-state index in [4.69, 9.17) is 4.42 Å². The number of hydrogen-bond acceptors (Lipinski definition) is 4. The fraction of sp³-hybridized carbons (Fsp3) is 0.450. The van der Waals surface area contributed by atoms with E-state index in [1.165, 1.54) is 12.3 Å². The maximum atomic E-state index is 13.4. The van der Waals surface area contributed by atoms with E-state index < -0.39 is 6.10 Å². The molecule has 3 rings (SSSR count). The van der Waals surface area contributed by atoms with Gasteiger partial charge < -0.3 is 25.1 Å². The van der Waals surface area contributed by atoms with Crippen LogP contribution in [0, 0.1) is 5.82 Å². The van der Waals surface area contributed by atoms with E-state index >= 15 is 0 Å². The standard InChI is InChI=1S/C20H27FN4O2.HI/c1-2-22-20(23-14-18(26)19-7-4-12-27-19)24-16-8-10-25(11-9-16)17-6-3-5-15(21)13-17;/h3-7,12-13,16,18,26H,2,8-11,14H2,1H3,(H2,22,23,24);1H. The third-order valence-electron chi connectivity index (χ3n) is 4.65. The van der Waals surface area contributed by atoms with Crippen molar-refractivity contribution in [2.75, 3.05) is 31.1 Å². The van der Waals surface area contributed by atoms with Gasteiger partial charge in [0.05, 0.1) is 12.8 Å². The molecule has 0 aliphatic carbocycles. The highest BCUT2D eigenvalue weighted by molar-refractivity contribution is 14.0. The first-order chi connectivity index (χ1) is 13.2. The molecule has 28 heavy (non-hydrogen) atoms. The van der Waals surface area contributed by atoms with Crippen molar-refractivity contribution in [2.24, 2.45) is 4.99 Å². The topological polar surface area (TPSA) is 73.0 Å². The van der Waals surface area contributed by atoms with Crippen LogP contribution in [0.3, 0.4) is 0 Å². The first kappa shape index (κ1) is 22.5. The number of nitrogens with zero attached hydrogens (tertiary/aromatic N) is 2. The van der Waals surface area contributed by atoms with E-state index in [9.17, 15) is 9.50 Å². The Labute approximate surface area is 182 Å². The zero-order chi connectivity index (χ0) is 19.1. The monoisotopic (exact) mass is 502 g/mol. The number of furan rings is 1. The lowest BCUT2D eigenvalue weighted by Gasteiger charge is -2.34. The quantitative estimate of drug-likeness (QED) is 0.321. The first-order valence-corrected chi connectivity index (χ1v) is 9.42. The van der Waals surface area contributed by atoms with E-state index in [2.05, 4.69) is 20.5 Å². The second-order valence-electron chi connectivity index (χ2n) is 6.64. The molecule has 0 amide bonds. The van der Waals surface area contributed by atoms with Crippen LogP contribution in [-0.4, -0.2) is 43.3 Å². The average Bonchev–Trinajstić information content (AvgIpc) is 3.21. The molecule has 1 aliphatic rings. The van der Waals surface area contributed by atoms with Crippen molar-refractivity contribution in [1.82, 2.24) is 10.6 Å². The summed E-state index contributed by atoms with van der Waals surface area (Å²) >= 11 is 0. The molecule has 1 atom stereocenters. The molecule has 8 heteroatoms. The smallest absolute Gasteiger partial charge is 0.191 e. The van der Waals surface area contributed by atoms with Gasteiger partial charge in [0.1, 0.15) is 17.7 Å². The molecule has 1 saturated heterocycles. The number of aliphatic hydroxyl groups is 1. The third-order valence-corrected chi connectivity index (χ3v) is 4.65. The molecule has 1 fully saturated rings. The van der Waals surface area contributed by atoms with Crippen LogP contribution in [0.5, 0.6) is 0 Å². The number of rotatable bonds is 6. The summed E-state index contributed by atoms with van der Waals surface area (Å²) in [6, 6.07) is 10.5. The van der Waals surface area contributed by atoms with Gasteiger partial charge in [-0.3, -0.25) is 4.99 Å². The van der Waals surface area contributed by atoms with Crippen molar-refractivity contribution < 1.29 is 13.9 Å². The molecule has 0 spiro atoms. The van der Waals surface area contributed by atoms with Gasteiger partial charge in [0.2, 0.25) is 0 Å². The van der Waals surface area contributed by atoms with Crippen molar-refractivity contribution in [3.05, 3.63) is 54.2 Å². The summed E-state index contributed by atoms with van der Waals surface area (Å²) in [7, 11) is 0.